The molecule has 0 aliphatic rings. The summed E-state index contributed by atoms with van der Waals surface area (Å²) in [5, 5.41) is 22.8. The average Bonchev–Trinajstić information content (AvgIpc) is 3.25. The van der Waals surface area contributed by atoms with Crippen LogP contribution in [0.15, 0.2) is 51.2 Å². The summed E-state index contributed by atoms with van der Waals surface area (Å²) in [6.45, 7) is 3.77. The van der Waals surface area contributed by atoms with Crippen molar-refractivity contribution in [1.82, 2.24) is 10.2 Å². The summed E-state index contributed by atoms with van der Waals surface area (Å²) in [4.78, 5) is 12.9. The highest BCUT2D eigenvalue weighted by Gasteiger charge is 2.22. The van der Waals surface area contributed by atoms with E-state index >= 15 is 0 Å². The maximum absolute atomic E-state index is 12.9. The van der Waals surface area contributed by atoms with E-state index in [0.717, 1.165) is 25.9 Å². The van der Waals surface area contributed by atoms with Crippen molar-refractivity contribution < 1.29 is 14.3 Å². The molecule has 28 heavy (non-hydrogen) atoms. The van der Waals surface area contributed by atoms with Crippen molar-refractivity contribution in [3.05, 3.63) is 64.4 Å². The third-order valence-corrected chi connectivity index (χ3v) is 6.15. The Morgan fingerprint density at radius 3 is 2.79 bits per heavy atom. The first kappa shape index (κ1) is 18.5. The van der Waals surface area contributed by atoms with Crippen LogP contribution in [-0.2, 0) is 5.75 Å². The summed E-state index contributed by atoms with van der Waals surface area (Å²) in [6.07, 6.45) is 0. The maximum Gasteiger partial charge on any atom is 0.291 e. The quantitative estimate of drug-likeness (QED) is 0.349. The monoisotopic (exact) mass is 411 g/mol. The van der Waals surface area contributed by atoms with Gasteiger partial charge in [-0.1, -0.05) is 47.4 Å². The molecule has 4 aromatic rings. The van der Waals surface area contributed by atoms with Gasteiger partial charge in [-0.25, -0.2) is 0 Å². The van der Waals surface area contributed by atoms with Gasteiger partial charge < -0.3 is 14.8 Å². The van der Waals surface area contributed by atoms with E-state index in [2.05, 4.69) is 15.5 Å². The Morgan fingerprint density at radius 2 is 2.04 bits per heavy atom. The van der Waals surface area contributed by atoms with Gasteiger partial charge in [0.1, 0.15) is 16.3 Å². The van der Waals surface area contributed by atoms with Crippen LogP contribution >= 0.6 is 23.1 Å². The SMILES string of the molecule is Cc1ccc(NC(=O)c2oc3ccccc3c2CSc2nnc(C)s2)c(O)c1. The molecule has 8 heteroatoms. The summed E-state index contributed by atoms with van der Waals surface area (Å²) in [6, 6.07) is 12.6. The van der Waals surface area contributed by atoms with E-state index in [1.807, 2.05) is 44.2 Å². The molecule has 0 spiro atoms. The van der Waals surface area contributed by atoms with Crippen LogP contribution in [0.4, 0.5) is 5.69 Å². The number of para-hydroxylation sites is 1. The molecule has 0 atom stereocenters. The number of phenols is 1. The topological polar surface area (TPSA) is 88.3 Å². The molecule has 0 saturated heterocycles. The minimum atomic E-state index is -0.403. The van der Waals surface area contributed by atoms with E-state index < -0.39 is 5.91 Å². The van der Waals surface area contributed by atoms with Crippen LogP contribution in [0.2, 0.25) is 0 Å². The van der Waals surface area contributed by atoms with Crippen LogP contribution in [0.1, 0.15) is 26.7 Å². The van der Waals surface area contributed by atoms with Gasteiger partial charge in [0.15, 0.2) is 10.1 Å². The summed E-state index contributed by atoms with van der Waals surface area (Å²) in [5.41, 5.74) is 2.68. The van der Waals surface area contributed by atoms with Gasteiger partial charge in [0.2, 0.25) is 0 Å². The number of aromatic hydroxyl groups is 1. The number of hydrogen-bond acceptors (Lipinski definition) is 7. The Bertz CT molecular complexity index is 1170. The number of carbonyl (C=O) groups excluding carboxylic acids is 1. The number of anilines is 1. The zero-order valence-corrected chi connectivity index (χ0v) is 16.9. The fraction of sp³-hybridized carbons (Fsp3) is 0.150. The lowest BCUT2D eigenvalue weighted by Crippen LogP contribution is -2.13. The Kier molecular flexibility index (Phi) is 5.06. The highest BCUT2D eigenvalue weighted by Crippen LogP contribution is 2.34. The number of fused-ring (bicyclic) bond motifs is 1. The van der Waals surface area contributed by atoms with Crippen molar-refractivity contribution in [2.75, 3.05) is 5.32 Å². The predicted octanol–water partition coefficient (Wildman–Crippen LogP) is 5.15. The van der Waals surface area contributed by atoms with E-state index in [4.69, 9.17) is 4.42 Å². The number of furan rings is 1. The van der Waals surface area contributed by atoms with Gasteiger partial charge in [-0.15, -0.1) is 10.2 Å². The van der Waals surface area contributed by atoms with E-state index in [9.17, 15) is 9.90 Å². The third-order valence-electron chi connectivity index (χ3n) is 4.15. The number of nitrogens with zero attached hydrogens (tertiary/aromatic N) is 2. The molecule has 0 fully saturated rings. The molecule has 4 rings (SSSR count). The highest BCUT2D eigenvalue weighted by molar-refractivity contribution is 8.00. The van der Waals surface area contributed by atoms with Crippen molar-refractivity contribution in [3.8, 4) is 5.75 Å². The lowest BCUT2D eigenvalue weighted by atomic mass is 10.1. The van der Waals surface area contributed by atoms with Crippen LogP contribution in [0.3, 0.4) is 0 Å². The van der Waals surface area contributed by atoms with E-state index in [1.165, 1.54) is 23.1 Å². The highest BCUT2D eigenvalue weighted by atomic mass is 32.2. The summed E-state index contributed by atoms with van der Waals surface area (Å²) in [7, 11) is 0. The molecule has 0 bridgehead atoms. The number of nitrogens with one attached hydrogen (secondary N) is 1. The van der Waals surface area contributed by atoms with Crippen LogP contribution in [0, 0.1) is 13.8 Å². The minimum Gasteiger partial charge on any atom is -0.506 e. The molecule has 2 N–H and O–H groups in total. The third kappa shape index (κ3) is 3.74. The average molecular weight is 412 g/mol. The number of rotatable bonds is 5. The van der Waals surface area contributed by atoms with E-state index in [1.54, 1.807) is 12.1 Å². The van der Waals surface area contributed by atoms with E-state index in [0.29, 0.717) is 17.0 Å². The zero-order valence-electron chi connectivity index (χ0n) is 15.2. The minimum absolute atomic E-state index is 0.0183. The molecule has 0 aliphatic heterocycles. The van der Waals surface area contributed by atoms with Crippen LogP contribution in [0.25, 0.3) is 11.0 Å². The smallest absolute Gasteiger partial charge is 0.291 e. The standard InChI is InChI=1S/C20H17N3O3S2/c1-11-7-8-15(16(24)9-11)21-19(25)18-14(10-27-20-23-22-12(2)28-20)13-5-3-4-6-17(13)26-18/h3-9,24H,10H2,1-2H3,(H,21,25). The molecular weight excluding hydrogens is 394 g/mol. The van der Waals surface area contributed by atoms with Gasteiger partial charge in [-0.05, 0) is 37.6 Å². The number of hydrogen-bond donors (Lipinski definition) is 2. The molecule has 142 valence electrons. The number of aromatic nitrogens is 2. The van der Waals surface area contributed by atoms with Gasteiger partial charge in [-0.3, -0.25) is 4.79 Å². The molecule has 0 aliphatic carbocycles. The number of phenolic OH excluding ortho intramolecular Hbond substituents is 1. The number of benzene rings is 2. The number of amides is 1. The van der Waals surface area contributed by atoms with Gasteiger partial charge in [0.25, 0.3) is 5.91 Å². The normalized spacial score (nSPS) is 11.1. The number of aryl methyl sites for hydroxylation is 2. The zero-order chi connectivity index (χ0) is 19.7. The predicted molar refractivity (Wildman–Crippen MR) is 111 cm³/mol. The van der Waals surface area contributed by atoms with Gasteiger partial charge in [-0.2, -0.15) is 0 Å². The summed E-state index contributed by atoms with van der Waals surface area (Å²) in [5.74, 6) is 0.368. The molecule has 0 unspecified atom stereocenters. The largest absolute Gasteiger partial charge is 0.506 e. The first-order valence-electron chi connectivity index (χ1n) is 8.55. The second-order valence-electron chi connectivity index (χ2n) is 6.26. The Labute approximate surface area is 169 Å². The van der Waals surface area contributed by atoms with Crippen LogP contribution < -0.4 is 5.32 Å². The summed E-state index contributed by atoms with van der Waals surface area (Å²) >= 11 is 3.02. The number of carbonyl (C=O) groups is 1. The molecule has 0 radical (unpaired) electrons. The Morgan fingerprint density at radius 1 is 1.21 bits per heavy atom. The number of thioether (sulfide) groups is 1. The van der Waals surface area contributed by atoms with Gasteiger partial charge >= 0.3 is 0 Å². The first-order valence-corrected chi connectivity index (χ1v) is 10.4. The lowest BCUT2D eigenvalue weighted by Gasteiger charge is -2.07. The van der Waals surface area contributed by atoms with E-state index in [-0.39, 0.29) is 11.5 Å². The second kappa shape index (κ2) is 7.65. The molecule has 6 nitrogen and oxygen atoms in total. The van der Waals surface area contributed by atoms with Gasteiger partial charge in [0.05, 0.1) is 5.69 Å². The van der Waals surface area contributed by atoms with Gasteiger partial charge in [0, 0.05) is 16.7 Å². The van der Waals surface area contributed by atoms with Crippen molar-refractivity contribution >= 4 is 45.7 Å². The van der Waals surface area contributed by atoms with Crippen LogP contribution in [-0.4, -0.2) is 21.2 Å². The second-order valence-corrected chi connectivity index (χ2v) is 8.66. The van der Waals surface area contributed by atoms with Crippen molar-refractivity contribution in [2.24, 2.45) is 0 Å². The molecule has 2 aromatic carbocycles. The molecule has 2 aromatic heterocycles. The Balaban J connectivity index is 1.66. The lowest BCUT2D eigenvalue weighted by molar-refractivity contribution is 0.0997. The van der Waals surface area contributed by atoms with Crippen molar-refractivity contribution in [3.63, 3.8) is 0 Å². The molecule has 1 amide bonds. The van der Waals surface area contributed by atoms with Crippen molar-refractivity contribution in [2.45, 2.75) is 23.9 Å². The summed E-state index contributed by atoms with van der Waals surface area (Å²) < 4.78 is 6.69. The first-order chi connectivity index (χ1) is 13.5. The fourth-order valence-corrected chi connectivity index (χ4v) is 4.67. The van der Waals surface area contributed by atoms with Crippen molar-refractivity contribution in [1.29, 1.82) is 0 Å². The molecule has 0 saturated carbocycles. The molecule has 2 heterocycles. The molecular formula is C20H17N3O3S2. The Hall–Kier alpha value is -2.84. The van der Waals surface area contributed by atoms with Crippen LogP contribution in [0.5, 0.6) is 5.75 Å². The maximum atomic E-state index is 12.9. The fourth-order valence-electron chi connectivity index (χ4n) is 2.82.